The second-order valence-corrected chi connectivity index (χ2v) is 4.87. The molecule has 1 aromatic heterocycles. The highest BCUT2D eigenvalue weighted by Crippen LogP contribution is 2.27. The Morgan fingerprint density at radius 2 is 2.06 bits per heavy atom. The van der Waals surface area contributed by atoms with Crippen LogP contribution in [0.4, 0.5) is 0 Å². The molecule has 0 spiro atoms. The molecule has 0 aliphatic heterocycles. The molecule has 0 amide bonds. The highest BCUT2D eigenvalue weighted by molar-refractivity contribution is 9.10. The Balaban J connectivity index is 2.31. The maximum Gasteiger partial charge on any atom is 0.219 e. The number of benzene rings is 1. The van der Waals surface area contributed by atoms with Crippen molar-refractivity contribution in [1.82, 2.24) is 4.98 Å². The fraction of sp³-hybridized carbons (Fsp3) is 0.143. The van der Waals surface area contributed by atoms with Gasteiger partial charge in [-0.1, -0.05) is 22.0 Å². The van der Waals surface area contributed by atoms with E-state index in [-0.39, 0.29) is 5.78 Å². The van der Waals surface area contributed by atoms with Crippen LogP contribution in [-0.2, 0) is 0 Å². The second-order valence-electron chi connectivity index (χ2n) is 3.95. The van der Waals surface area contributed by atoms with Gasteiger partial charge >= 0.3 is 0 Å². The summed E-state index contributed by atoms with van der Waals surface area (Å²) in [5.41, 5.74) is 1.60. The van der Waals surface area contributed by atoms with Crippen molar-refractivity contribution in [3.8, 4) is 11.6 Å². The fourth-order valence-corrected chi connectivity index (χ4v) is 1.82. The molecule has 0 aliphatic carbocycles. The van der Waals surface area contributed by atoms with E-state index < -0.39 is 0 Å². The van der Waals surface area contributed by atoms with E-state index in [1.54, 1.807) is 18.3 Å². The fourth-order valence-electron chi connectivity index (χ4n) is 1.48. The third-order valence-corrected chi connectivity index (χ3v) is 3.00. The first-order chi connectivity index (χ1) is 8.56. The number of nitrogens with zero attached hydrogens (tertiary/aromatic N) is 1. The number of rotatable bonds is 3. The van der Waals surface area contributed by atoms with E-state index in [1.807, 2.05) is 25.1 Å². The average molecular weight is 306 g/mol. The van der Waals surface area contributed by atoms with Crippen LogP contribution in [0.2, 0.25) is 0 Å². The average Bonchev–Trinajstić information content (AvgIpc) is 2.34. The van der Waals surface area contributed by atoms with Crippen molar-refractivity contribution in [1.29, 1.82) is 0 Å². The Bertz CT molecular complexity index is 596. The van der Waals surface area contributed by atoms with Crippen LogP contribution in [0.1, 0.15) is 22.8 Å². The van der Waals surface area contributed by atoms with Gasteiger partial charge in [0.2, 0.25) is 5.88 Å². The van der Waals surface area contributed by atoms with Crippen molar-refractivity contribution in [2.75, 3.05) is 0 Å². The van der Waals surface area contributed by atoms with Gasteiger partial charge in [0.15, 0.2) is 5.78 Å². The van der Waals surface area contributed by atoms with Crippen LogP contribution in [0.3, 0.4) is 0 Å². The SMILES string of the molecule is CC(=O)c1ccnc(Oc2cc(Br)ccc2C)c1. The molecule has 0 saturated heterocycles. The van der Waals surface area contributed by atoms with Crippen LogP contribution in [0, 0.1) is 6.92 Å². The minimum atomic E-state index is -0.00628. The molecule has 0 atom stereocenters. The van der Waals surface area contributed by atoms with E-state index in [9.17, 15) is 4.79 Å². The van der Waals surface area contributed by atoms with Crippen molar-refractivity contribution < 1.29 is 9.53 Å². The predicted octanol–water partition coefficient (Wildman–Crippen LogP) is 4.15. The van der Waals surface area contributed by atoms with Crippen LogP contribution in [0.5, 0.6) is 11.6 Å². The van der Waals surface area contributed by atoms with Crippen LogP contribution >= 0.6 is 15.9 Å². The van der Waals surface area contributed by atoms with Gasteiger partial charge in [-0.3, -0.25) is 4.79 Å². The lowest BCUT2D eigenvalue weighted by Gasteiger charge is -2.08. The Hall–Kier alpha value is -1.68. The molecule has 3 nitrogen and oxygen atoms in total. The Kier molecular flexibility index (Phi) is 3.77. The van der Waals surface area contributed by atoms with Crippen molar-refractivity contribution in [3.63, 3.8) is 0 Å². The lowest BCUT2D eigenvalue weighted by molar-refractivity contribution is 0.101. The normalized spacial score (nSPS) is 10.2. The molecule has 18 heavy (non-hydrogen) atoms. The van der Waals surface area contributed by atoms with Gasteiger partial charge in [-0.05, 0) is 37.6 Å². The Labute approximate surface area is 114 Å². The number of hydrogen-bond acceptors (Lipinski definition) is 3. The topological polar surface area (TPSA) is 39.2 Å². The summed E-state index contributed by atoms with van der Waals surface area (Å²) in [4.78, 5) is 15.4. The molecule has 4 heteroatoms. The highest BCUT2D eigenvalue weighted by Gasteiger charge is 2.06. The molecule has 0 unspecified atom stereocenters. The Morgan fingerprint density at radius 1 is 1.28 bits per heavy atom. The van der Waals surface area contributed by atoms with Crippen molar-refractivity contribution in [2.45, 2.75) is 13.8 Å². The van der Waals surface area contributed by atoms with E-state index in [4.69, 9.17) is 4.74 Å². The number of carbonyl (C=O) groups excluding carboxylic acids is 1. The zero-order valence-electron chi connectivity index (χ0n) is 10.1. The van der Waals surface area contributed by atoms with Crippen LogP contribution < -0.4 is 4.74 Å². The zero-order chi connectivity index (χ0) is 13.1. The third-order valence-electron chi connectivity index (χ3n) is 2.51. The standard InChI is InChI=1S/C14H12BrNO2/c1-9-3-4-12(15)8-13(9)18-14-7-11(10(2)17)5-6-16-14/h3-8H,1-2H3. The summed E-state index contributed by atoms with van der Waals surface area (Å²) >= 11 is 3.39. The first kappa shape index (κ1) is 12.8. The minimum absolute atomic E-state index is 0.00628. The second kappa shape index (κ2) is 5.31. The maximum atomic E-state index is 11.3. The van der Waals surface area contributed by atoms with Gasteiger partial charge in [0.05, 0.1) is 0 Å². The molecule has 1 aromatic carbocycles. The van der Waals surface area contributed by atoms with Crippen molar-refractivity contribution in [3.05, 3.63) is 52.1 Å². The summed E-state index contributed by atoms with van der Waals surface area (Å²) in [6.45, 7) is 3.47. The molecule has 0 saturated carbocycles. The van der Waals surface area contributed by atoms with E-state index in [2.05, 4.69) is 20.9 Å². The molecule has 0 radical (unpaired) electrons. The molecule has 1 heterocycles. The third kappa shape index (κ3) is 2.96. The Morgan fingerprint density at radius 3 is 2.78 bits per heavy atom. The van der Waals surface area contributed by atoms with Gasteiger partial charge in [-0.25, -0.2) is 4.98 Å². The smallest absolute Gasteiger partial charge is 0.219 e. The molecule has 2 aromatic rings. The van der Waals surface area contributed by atoms with Gasteiger partial charge in [0.1, 0.15) is 5.75 Å². The van der Waals surface area contributed by atoms with Crippen LogP contribution in [0.15, 0.2) is 41.0 Å². The number of pyridine rings is 1. The van der Waals surface area contributed by atoms with Crippen LogP contribution in [0.25, 0.3) is 0 Å². The predicted molar refractivity (Wildman–Crippen MR) is 73.2 cm³/mol. The number of aromatic nitrogens is 1. The molecular weight excluding hydrogens is 294 g/mol. The lowest BCUT2D eigenvalue weighted by Crippen LogP contribution is -1.95. The monoisotopic (exact) mass is 305 g/mol. The molecule has 0 N–H and O–H groups in total. The molecule has 0 bridgehead atoms. The van der Waals surface area contributed by atoms with Crippen molar-refractivity contribution in [2.24, 2.45) is 0 Å². The van der Waals surface area contributed by atoms with Crippen LogP contribution in [-0.4, -0.2) is 10.8 Å². The maximum absolute atomic E-state index is 11.3. The number of hydrogen-bond donors (Lipinski definition) is 0. The van der Waals surface area contributed by atoms with Gasteiger partial charge in [0, 0.05) is 22.3 Å². The molecule has 92 valence electrons. The number of ether oxygens (including phenoxy) is 1. The summed E-state index contributed by atoms with van der Waals surface area (Å²) in [6.07, 6.45) is 1.57. The molecule has 0 fully saturated rings. The molecule has 0 aliphatic rings. The minimum Gasteiger partial charge on any atom is -0.439 e. The summed E-state index contributed by atoms with van der Waals surface area (Å²) < 4.78 is 6.62. The van der Waals surface area contributed by atoms with Gasteiger partial charge < -0.3 is 4.74 Å². The summed E-state index contributed by atoms with van der Waals surface area (Å²) in [6, 6.07) is 9.08. The zero-order valence-corrected chi connectivity index (χ0v) is 11.7. The molecule has 2 rings (SSSR count). The number of ketones is 1. The first-order valence-electron chi connectivity index (χ1n) is 5.47. The lowest BCUT2D eigenvalue weighted by atomic mass is 10.2. The summed E-state index contributed by atoms with van der Waals surface area (Å²) in [5.74, 6) is 1.13. The van der Waals surface area contributed by atoms with E-state index in [0.717, 1.165) is 15.8 Å². The largest absolute Gasteiger partial charge is 0.439 e. The van der Waals surface area contributed by atoms with Gasteiger partial charge in [-0.2, -0.15) is 0 Å². The van der Waals surface area contributed by atoms with E-state index in [0.29, 0.717) is 11.4 Å². The number of Topliss-reactive ketones (excluding diaryl/α,β-unsaturated/α-hetero) is 1. The van der Waals surface area contributed by atoms with E-state index in [1.165, 1.54) is 6.92 Å². The quantitative estimate of drug-likeness (QED) is 0.800. The summed E-state index contributed by atoms with van der Waals surface area (Å²) in [7, 11) is 0. The summed E-state index contributed by atoms with van der Waals surface area (Å²) in [5, 5.41) is 0. The first-order valence-corrected chi connectivity index (χ1v) is 6.26. The number of aryl methyl sites for hydroxylation is 1. The van der Waals surface area contributed by atoms with E-state index >= 15 is 0 Å². The van der Waals surface area contributed by atoms with Gasteiger partial charge in [-0.15, -0.1) is 0 Å². The molecular formula is C14H12BrNO2. The van der Waals surface area contributed by atoms with Crippen molar-refractivity contribution >= 4 is 21.7 Å². The number of halogens is 1. The van der Waals surface area contributed by atoms with Gasteiger partial charge in [0.25, 0.3) is 0 Å². The number of carbonyl (C=O) groups is 1. The highest BCUT2D eigenvalue weighted by atomic mass is 79.9.